The fourth-order valence-corrected chi connectivity index (χ4v) is 2.84. The Hall–Kier alpha value is -1.45. The van der Waals surface area contributed by atoms with Gasteiger partial charge in [-0.25, -0.2) is 4.98 Å². The minimum absolute atomic E-state index is 0.106. The van der Waals surface area contributed by atoms with Gasteiger partial charge in [0.25, 0.3) is 0 Å². The number of aromatic nitrogens is 4. The lowest BCUT2D eigenvalue weighted by molar-refractivity contribution is -0.113. The maximum absolute atomic E-state index is 11.8. The summed E-state index contributed by atoms with van der Waals surface area (Å²) < 4.78 is 6.86. The molecule has 0 radical (unpaired) electrons. The molecule has 0 aromatic carbocycles. The highest BCUT2D eigenvalue weighted by molar-refractivity contribution is 7.99. The summed E-state index contributed by atoms with van der Waals surface area (Å²) in [7, 11) is 1.64. The number of methoxy groups -OCH3 is 1. The standard InChI is InChI=1S/C11H15N5O2S2/c1-8-5-19-10(13-8)14-9(17)6-20-11-15-12-7-16(11)3-4-18-2/h5,7H,3-4,6H2,1-2H3,(H,13,14,17). The van der Waals surface area contributed by atoms with Gasteiger partial charge in [0.1, 0.15) is 6.33 Å². The highest BCUT2D eigenvalue weighted by Gasteiger charge is 2.10. The van der Waals surface area contributed by atoms with Crippen LogP contribution < -0.4 is 5.32 Å². The maximum Gasteiger partial charge on any atom is 0.236 e. The first-order valence-electron chi connectivity index (χ1n) is 5.90. The third-order valence-electron chi connectivity index (χ3n) is 2.31. The Morgan fingerprint density at radius 1 is 1.60 bits per heavy atom. The van der Waals surface area contributed by atoms with E-state index in [1.54, 1.807) is 13.4 Å². The van der Waals surface area contributed by atoms with Crippen molar-refractivity contribution in [2.24, 2.45) is 0 Å². The second-order valence-electron chi connectivity index (χ2n) is 3.93. The van der Waals surface area contributed by atoms with Crippen LogP contribution in [0.5, 0.6) is 0 Å². The molecule has 0 unspecified atom stereocenters. The quantitative estimate of drug-likeness (QED) is 0.779. The van der Waals surface area contributed by atoms with Crippen molar-refractivity contribution in [1.82, 2.24) is 19.7 Å². The molecule has 0 aliphatic carbocycles. The lowest BCUT2D eigenvalue weighted by Gasteiger charge is -2.05. The summed E-state index contributed by atoms with van der Waals surface area (Å²) in [5, 5.41) is 13.8. The van der Waals surface area contributed by atoms with E-state index in [1.807, 2.05) is 16.9 Å². The Morgan fingerprint density at radius 2 is 2.45 bits per heavy atom. The zero-order chi connectivity index (χ0) is 14.4. The number of anilines is 1. The molecule has 108 valence electrons. The van der Waals surface area contributed by atoms with E-state index in [0.717, 1.165) is 5.69 Å². The SMILES string of the molecule is COCCn1cnnc1SCC(=O)Nc1nc(C)cs1. The molecule has 0 aliphatic heterocycles. The number of ether oxygens (including phenoxy) is 1. The number of hydrogen-bond acceptors (Lipinski definition) is 7. The van der Waals surface area contributed by atoms with Gasteiger partial charge in [0.2, 0.25) is 5.91 Å². The van der Waals surface area contributed by atoms with E-state index in [-0.39, 0.29) is 11.7 Å². The fourth-order valence-electron chi connectivity index (χ4n) is 1.40. The van der Waals surface area contributed by atoms with Gasteiger partial charge in [-0.05, 0) is 6.92 Å². The summed E-state index contributed by atoms with van der Waals surface area (Å²) in [6.45, 7) is 3.13. The number of thioether (sulfide) groups is 1. The average molecular weight is 313 g/mol. The topological polar surface area (TPSA) is 81.9 Å². The van der Waals surface area contributed by atoms with Crippen molar-refractivity contribution in [1.29, 1.82) is 0 Å². The van der Waals surface area contributed by atoms with Crippen LogP contribution in [0.15, 0.2) is 16.9 Å². The van der Waals surface area contributed by atoms with Crippen molar-refractivity contribution in [3.63, 3.8) is 0 Å². The minimum atomic E-state index is -0.106. The molecule has 2 aromatic heterocycles. The van der Waals surface area contributed by atoms with Crippen molar-refractivity contribution in [3.05, 3.63) is 17.4 Å². The highest BCUT2D eigenvalue weighted by atomic mass is 32.2. The fraction of sp³-hybridized carbons (Fsp3) is 0.455. The molecule has 0 bridgehead atoms. The Labute approximate surface area is 124 Å². The van der Waals surface area contributed by atoms with E-state index in [9.17, 15) is 4.79 Å². The molecule has 0 fully saturated rings. The van der Waals surface area contributed by atoms with Crippen LogP contribution in [0.3, 0.4) is 0 Å². The van der Waals surface area contributed by atoms with Gasteiger partial charge in [-0.2, -0.15) is 0 Å². The zero-order valence-electron chi connectivity index (χ0n) is 11.2. The highest BCUT2D eigenvalue weighted by Crippen LogP contribution is 2.17. The van der Waals surface area contributed by atoms with Crippen LogP contribution in [-0.2, 0) is 16.1 Å². The maximum atomic E-state index is 11.8. The lowest BCUT2D eigenvalue weighted by atomic mass is 10.6. The molecule has 0 saturated heterocycles. The van der Waals surface area contributed by atoms with Crippen molar-refractivity contribution < 1.29 is 9.53 Å². The molecule has 7 nitrogen and oxygen atoms in total. The Morgan fingerprint density at radius 3 is 3.15 bits per heavy atom. The van der Waals surface area contributed by atoms with E-state index in [2.05, 4.69) is 20.5 Å². The molecule has 2 heterocycles. The minimum Gasteiger partial charge on any atom is -0.383 e. The molecule has 20 heavy (non-hydrogen) atoms. The first-order valence-corrected chi connectivity index (χ1v) is 7.77. The summed E-state index contributed by atoms with van der Waals surface area (Å²) in [6, 6.07) is 0. The van der Waals surface area contributed by atoms with Crippen molar-refractivity contribution in [2.75, 3.05) is 24.8 Å². The monoisotopic (exact) mass is 313 g/mol. The van der Waals surface area contributed by atoms with Gasteiger partial charge in [0.15, 0.2) is 10.3 Å². The smallest absolute Gasteiger partial charge is 0.236 e. The summed E-state index contributed by atoms with van der Waals surface area (Å²) >= 11 is 2.75. The van der Waals surface area contributed by atoms with Gasteiger partial charge < -0.3 is 14.6 Å². The number of nitrogens with zero attached hydrogens (tertiary/aromatic N) is 4. The van der Waals surface area contributed by atoms with Crippen LogP contribution in [0.1, 0.15) is 5.69 Å². The van der Waals surface area contributed by atoms with Gasteiger partial charge in [-0.15, -0.1) is 21.5 Å². The zero-order valence-corrected chi connectivity index (χ0v) is 12.8. The van der Waals surface area contributed by atoms with E-state index in [1.165, 1.54) is 23.1 Å². The predicted molar refractivity (Wildman–Crippen MR) is 78.1 cm³/mol. The van der Waals surface area contributed by atoms with E-state index in [4.69, 9.17) is 4.74 Å². The number of amides is 1. The van der Waals surface area contributed by atoms with Crippen LogP contribution in [0, 0.1) is 6.92 Å². The molecule has 1 amide bonds. The van der Waals surface area contributed by atoms with Crippen LogP contribution in [0.2, 0.25) is 0 Å². The van der Waals surface area contributed by atoms with Gasteiger partial charge in [-0.3, -0.25) is 4.79 Å². The number of carbonyl (C=O) groups excluding carboxylic acids is 1. The molecule has 0 atom stereocenters. The van der Waals surface area contributed by atoms with Crippen LogP contribution in [-0.4, -0.2) is 45.1 Å². The Bertz CT molecular complexity index is 569. The first-order chi connectivity index (χ1) is 9.69. The van der Waals surface area contributed by atoms with Crippen molar-refractivity contribution >= 4 is 34.1 Å². The molecule has 0 saturated carbocycles. The normalized spacial score (nSPS) is 10.7. The number of nitrogens with one attached hydrogen (secondary N) is 1. The van der Waals surface area contributed by atoms with Gasteiger partial charge >= 0.3 is 0 Å². The molecule has 2 aromatic rings. The second-order valence-corrected chi connectivity index (χ2v) is 5.73. The van der Waals surface area contributed by atoms with Gasteiger partial charge in [0.05, 0.1) is 18.1 Å². The van der Waals surface area contributed by atoms with E-state index < -0.39 is 0 Å². The summed E-state index contributed by atoms with van der Waals surface area (Å²) in [6.07, 6.45) is 1.63. The van der Waals surface area contributed by atoms with E-state index in [0.29, 0.717) is 23.4 Å². The van der Waals surface area contributed by atoms with Crippen LogP contribution in [0.25, 0.3) is 0 Å². The molecule has 0 aliphatic rings. The number of thiazole rings is 1. The summed E-state index contributed by atoms with van der Waals surface area (Å²) in [4.78, 5) is 16.0. The van der Waals surface area contributed by atoms with Gasteiger partial charge in [0, 0.05) is 19.0 Å². The largest absolute Gasteiger partial charge is 0.383 e. The molecule has 2 rings (SSSR count). The Balaban J connectivity index is 1.82. The van der Waals surface area contributed by atoms with Crippen molar-refractivity contribution in [2.45, 2.75) is 18.6 Å². The summed E-state index contributed by atoms with van der Waals surface area (Å²) in [5.41, 5.74) is 0.900. The van der Waals surface area contributed by atoms with Crippen molar-refractivity contribution in [3.8, 4) is 0 Å². The van der Waals surface area contributed by atoms with Crippen LogP contribution in [0.4, 0.5) is 5.13 Å². The lowest BCUT2D eigenvalue weighted by Crippen LogP contribution is -2.14. The predicted octanol–water partition coefficient (Wildman–Crippen LogP) is 1.42. The molecule has 1 N–H and O–H groups in total. The third-order valence-corrected chi connectivity index (χ3v) is 4.17. The first kappa shape index (κ1) is 14.9. The molecule has 0 spiro atoms. The second kappa shape index (κ2) is 7.36. The molecule has 9 heteroatoms. The molecular formula is C11H15N5O2S2. The third kappa shape index (κ3) is 4.29. The Kier molecular flexibility index (Phi) is 5.50. The average Bonchev–Trinajstić information content (AvgIpc) is 3.03. The number of rotatable bonds is 7. The van der Waals surface area contributed by atoms with Gasteiger partial charge in [-0.1, -0.05) is 11.8 Å². The summed E-state index contributed by atoms with van der Waals surface area (Å²) in [5.74, 6) is 0.162. The number of carbonyl (C=O) groups is 1. The van der Waals surface area contributed by atoms with Crippen LogP contribution >= 0.6 is 23.1 Å². The molecular weight excluding hydrogens is 298 g/mol. The number of aryl methyl sites for hydroxylation is 1. The number of hydrogen-bond donors (Lipinski definition) is 1. The van der Waals surface area contributed by atoms with E-state index >= 15 is 0 Å².